The first kappa shape index (κ1) is 12.1. The minimum absolute atomic E-state index is 0.257. The third kappa shape index (κ3) is 2.35. The number of halogens is 2. The fourth-order valence-electron chi connectivity index (χ4n) is 1.53. The molecule has 1 heterocycles. The summed E-state index contributed by atoms with van der Waals surface area (Å²) in [6.45, 7) is 3.39. The topological polar surface area (TPSA) is 33.1 Å². The average Bonchev–Trinajstić information content (AvgIpc) is 2.61. The Bertz CT molecular complexity index is 551. The number of aliphatic hydroxyl groups is 1. The Kier molecular flexibility index (Phi) is 3.22. The van der Waals surface area contributed by atoms with Crippen molar-refractivity contribution in [2.75, 3.05) is 0 Å². The summed E-state index contributed by atoms with van der Waals surface area (Å²) in [7, 11) is 0. The zero-order chi connectivity index (χ0) is 12.6. The van der Waals surface area contributed by atoms with Crippen LogP contribution in [0.15, 0.2) is 18.2 Å². The van der Waals surface area contributed by atoms with Gasteiger partial charge >= 0.3 is 0 Å². The van der Waals surface area contributed by atoms with E-state index in [1.165, 1.54) is 23.5 Å². The summed E-state index contributed by atoms with van der Waals surface area (Å²) in [6, 6.07) is 3.38. The Morgan fingerprint density at radius 3 is 2.59 bits per heavy atom. The summed E-state index contributed by atoms with van der Waals surface area (Å²) in [5, 5.41) is 9.94. The summed E-state index contributed by atoms with van der Waals surface area (Å²) in [4.78, 5) is 4.97. The summed E-state index contributed by atoms with van der Waals surface area (Å²) in [5.41, 5.74) is 0.718. The van der Waals surface area contributed by atoms with E-state index in [9.17, 15) is 13.9 Å². The monoisotopic (exact) mass is 255 g/mol. The quantitative estimate of drug-likeness (QED) is 0.891. The van der Waals surface area contributed by atoms with Crippen molar-refractivity contribution in [2.45, 2.75) is 20.0 Å². The highest BCUT2D eigenvalue weighted by atomic mass is 32.1. The molecule has 1 atom stereocenters. The summed E-state index contributed by atoms with van der Waals surface area (Å²) in [6.07, 6.45) is -0.684. The molecule has 2 nitrogen and oxygen atoms in total. The van der Waals surface area contributed by atoms with E-state index < -0.39 is 17.7 Å². The van der Waals surface area contributed by atoms with E-state index in [4.69, 9.17) is 0 Å². The first-order valence-electron chi connectivity index (χ1n) is 5.10. The maximum absolute atomic E-state index is 13.6. The Morgan fingerprint density at radius 1 is 1.35 bits per heavy atom. The van der Waals surface area contributed by atoms with Gasteiger partial charge in [0.15, 0.2) is 0 Å². The number of nitrogens with zero attached hydrogens (tertiary/aromatic N) is 1. The Balaban J connectivity index is 2.52. The van der Waals surface area contributed by atoms with E-state index in [1.807, 2.05) is 0 Å². The van der Waals surface area contributed by atoms with E-state index in [1.54, 1.807) is 13.8 Å². The number of aryl methyl sites for hydroxylation is 1. The minimum Gasteiger partial charge on any atom is -0.386 e. The van der Waals surface area contributed by atoms with Gasteiger partial charge in [0, 0.05) is 16.5 Å². The van der Waals surface area contributed by atoms with Gasteiger partial charge in [0.25, 0.3) is 0 Å². The molecule has 17 heavy (non-hydrogen) atoms. The molecular weight excluding hydrogens is 244 g/mol. The molecule has 2 aromatic rings. The van der Waals surface area contributed by atoms with Crippen molar-refractivity contribution < 1.29 is 13.9 Å². The average molecular weight is 255 g/mol. The molecule has 1 N–H and O–H groups in total. The van der Waals surface area contributed by atoms with Crippen molar-refractivity contribution in [3.63, 3.8) is 0 Å². The normalized spacial score (nSPS) is 12.8. The number of aliphatic hydroxyl groups excluding tert-OH is 1. The molecule has 0 bridgehead atoms. The predicted octanol–water partition coefficient (Wildman–Crippen LogP) is 3.45. The van der Waals surface area contributed by atoms with Crippen LogP contribution in [0.2, 0.25) is 0 Å². The van der Waals surface area contributed by atoms with Crippen LogP contribution in [0.4, 0.5) is 8.78 Å². The zero-order valence-electron chi connectivity index (χ0n) is 9.37. The van der Waals surface area contributed by atoms with Crippen LogP contribution in [0.1, 0.15) is 22.9 Å². The molecule has 0 amide bonds. The van der Waals surface area contributed by atoms with Crippen molar-refractivity contribution in [1.29, 1.82) is 0 Å². The lowest BCUT2D eigenvalue weighted by molar-refractivity contribution is 0.199. The molecule has 0 aliphatic rings. The van der Waals surface area contributed by atoms with E-state index in [0.29, 0.717) is 10.7 Å². The number of rotatable bonds is 2. The van der Waals surface area contributed by atoms with Gasteiger partial charge in [-0.3, -0.25) is 0 Å². The largest absolute Gasteiger partial charge is 0.386 e. The van der Waals surface area contributed by atoms with Crippen LogP contribution in [0.5, 0.6) is 0 Å². The predicted molar refractivity (Wildman–Crippen MR) is 62.8 cm³/mol. The maximum Gasteiger partial charge on any atom is 0.135 e. The van der Waals surface area contributed by atoms with Gasteiger partial charge in [-0.15, -0.1) is 11.3 Å². The van der Waals surface area contributed by atoms with Crippen molar-refractivity contribution >= 4 is 11.3 Å². The summed E-state index contributed by atoms with van der Waals surface area (Å²) >= 11 is 1.31. The Morgan fingerprint density at radius 2 is 2.06 bits per heavy atom. The first-order chi connectivity index (χ1) is 7.99. The fourth-order valence-corrected chi connectivity index (χ4v) is 2.40. The molecule has 5 heteroatoms. The molecule has 1 aromatic heterocycles. The highest BCUT2D eigenvalue weighted by Crippen LogP contribution is 2.31. The molecule has 0 spiro atoms. The molecule has 90 valence electrons. The Labute approximate surface area is 102 Å². The van der Waals surface area contributed by atoms with Gasteiger partial charge in [0.05, 0.1) is 5.69 Å². The lowest BCUT2D eigenvalue weighted by Gasteiger charge is -2.01. The van der Waals surface area contributed by atoms with Crippen LogP contribution in [0.3, 0.4) is 0 Å². The molecule has 0 aliphatic carbocycles. The lowest BCUT2D eigenvalue weighted by Crippen LogP contribution is -1.91. The molecule has 1 aromatic carbocycles. The summed E-state index contributed by atoms with van der Waals surface area (Å²) < 4.78 is 26.4. The van der Waals surface area contributed by atoms with Crippen molar-refractivity contribution in [3.8, 4) is 11.3 Å². The second-order valence-electron chi connectivity index (χ2n) is 3.76. The third-order valence-electron chi connectivity index (χ3n) is 2.36. The molecule has 0 radical (unpaired) electrons. The van der Waals surface area contributed by atoms with Crippen LogP contribution in [0, 0.1) is 18.6 Å². The standard InChI is InChI=1S/C12H11F2NOS/c1-6(16)12-15-11(7(2)17-12)9-4-3-8(13)5-10(9)14/h3-6,16H,1-2H3. The number of hydrogen-bond donors (Lipinski definition) is 1. The van der Waals surface area contributed by atoms with Crippen LogP contribution in [-0.4, -0.2) is 10.1 Å². The highest BCUT2D eigenvalue weighted by molar-refractivity contribution is 7.12. The van der Waals surface area contributed by atoms with E-state index in [-0.39, 0.29) is 5.56 Å². The zero-order valence-corrected chi connectivity index (χ0v) is 10.2. The van der Waals surface area contributed by atoms with Crippen molar-refractivity contribution in [1.82, 2.24) is 4.98 Å². The van der Waals surface area contributed by atoms with Gasteiger partial charge in [0.1, 0.15) is 22.7 Å². The van der Waals surface area contributed by atoms with Gasteiger partial charge in [-0.25, -0.2) is 13.8 Å². The molecule has 0 aliphatic heterocycles. The van der Waals surface area contributed by atoms with E-state index in [2.05, 4.69) is 4.98 Å². The molecule has 0 fully saturated rings. The molecule has 0 saturated heterocycles. The number of thiazole rings is 1. The molecular formula is C12H11F2NOS. The van der Waals surface area contributed by atoms with Gasteiger partial charge < -0.3 is 5.11 Å². The van der Waals surface area contributed by atoms with Gasteiger partial charge in [-0.05, 0) is 26.0 Å². The van der Waals surface area contributed by atoms with Crippen LogP contribution >= 0.6 is 11.3 Å². The second-order valence-corrected chi connectivity index (χ2v) is 4.99. The van der Waals surface area contributed by atoms with Gasteiger partial charge in [-0.1, -0.05) is 0 Å². The summed E-state index contributed by atoms with van der Waals surface area (Å²) in [5.74, 6) is -1.26. The van der Waals surface area contributed by atoms with Crippen LogP contribution in [0.25, 0.3) is 11.3 Å². The maximum atomic E-state index is 13.6. The fraction of sp³-hybridized carbons (Fsp3) is 0.250. The van der Waals surface area contributed by atoms with Crippen molar-refractivity contribution in [3.05, 3.63) is 39.7 Å². The lowest BCUT2D eigenvalue weighted by atomic mass is 10.1. The van der Waals surface area contributed by atoms with Crippen LogP contribution < -0.4 is 0 Å². The second kappa shape index (κ2) is 4.50. The third-order valence-corrected chi connectivity index (χ3v) is 3.50. The number of hydrogen-bond acceptors (Lipinski definition) is 3. The Hall–Kier alpha value is -1.33. The number of aromatic nitrogens is 1. The molecule has 2 rings (SSSR count). The van der Waals surface area contributed by atoms with Gasteiger partial charge in [0.2, 0.25) is 0 Å². The van der Waals surface area contributed by atoms with Crippen LogP contribution in [-0.2, 0) is 0 Å². The minimum atomic E-state index is -0.684. The highest BCUT2D eigenvalue weighted by Gasteiger charge is 2.16. The first-order valence-corrected chi connectivity index (χ1v) is 5.91. The van der Waals surface area contributed by atoms with E-state index >= 15 is 0 Å². The molecule has 1 unspecified atom stereocenters. The van der Waals surface area contributed by atoms with E-state index in [0.717, 1.165) is 10.9 Å². The SMILES string of the molecule is Cc1sc(C(C)O)nc1-c1ccc(F)cc1F. The van der Waals surface area contributed by atoms with Gasteiger partial charge in [-0.2, -0.15) is 0 Å². The van der Waals surface area contributed by atoms with Crippen molar-refractivity contribution in [2.24, 2.45) is 0 Å². The smallest absolute Gasteiger partial charge is 0.135 e. The molecule has 0 saturated carbocycles. The number of benzene rings is 1.